The molecule has 2 saturated heterocycles. The average Bonchev–Trinajstić information content (AvgIpc) is 2.94. The van der Waals surface area contributed by atoms with Crippen LogP contribution < -0.4 is 0 Å². The first kappa shape index (κ1) is 20.6. The van der Waals surface area contributed by atoms with Gasteiger partial charge in [0.15, 0.2) is 0 Å². The number of likely N-dealkylation sites (tertiary alicyclic amines) is 2. The van der Waals surface area contributed by atoms with Crippen molar-refractivity contribution in [3.05, 3.63) is 48.0 Å². The van der Waals surface area contributed by atoms with E-state index in [2.05, 4.69) is 63.8 Å². The standard InChI is InChI=1S/C27H35N3O/c1-2-30-25-12-6-5-11-23(25)24-18-21(13-14-26(24)30)19-28-15-9-10-22(20-28)27(31)29-16-7-3-4-8-17-29/h5-6,11-14,18,22H,2-4,7-10,15-17,19-20H2,1H3. The van der Waals surface area contributed by atoms with Crippen LogP contribution in [0.25, 0.3) is 21.8 Å². The topological polar surface area (TPSA) is 28.5 Å². The van der Waals surface area contributed by atoms with E-state index in [1.165, 1.54) is 53.1 Å². The highest BCUT2D eigenvalue weighted by molar-refractivity contribution is 6.08. The summed E-state index contributed by atoms with van der Waals surface area (Å²) in [5.74, 6) is 0.589. The van der Waals surface area contributed by atoms with Gasteiger partial charge in [-0.25, -0.2) is 0 Å². The zero-order valence-electron chi connectivity index (χ0n) is 18.9. The molecule has 0 spiro atoms. The van der Waals surface area contributed by atoms with Crippen molar-refractivity contribution in [2.75, 3.05) is 26.2 Å². The highest BCUT2D eigenvalue weighted by atomic mass is 16.2. The minimum absolute atomic E-state index is 0.178. The molecule has 0 bridgehead atoms. The number of nitrogens with zero attached hydrogens (tertiary/aromatic N) is 3. The predicted molar refractivity (Wildman–Crippen MR) is 128 cm³/mol. The number of aryl methyl sites for hydroxylation is 1. The molecule has 2 fully saturated rings. The number of amides is 1. The number of hydrogen-bond acceptors (Lipinski definition) is 2. The number of aromatic nitrogens is 1. The Hall–Kier alpha value is -2.33. The van der Waals surface area contributed by atoms with Gasteiger partial charge in [-0.15, -0.1) is 0 Å². The van der Waals surface area contributed by atoms with Crippen LogP contribution in [0.2, 0.25) is 0 Å². The summed E-state index contributed by atoms with van der Waals surface area (Å²) < 4.78 is 2.41. The Balaban J connectivity index is 1.33. The minimum atomic E-state index is 0.178. The zero-order valence-corrected chi connectivity index (χ0v) is 18.9. The monoisotopic (exact) mass is 417 g/mol. The van der Waals surface area contributed by atoms with Crippen LogP contribution >= 0.6 is 0 Å². The second-order valence-electron chi connectivity index (χ2n) is 9.43. The molecule has 4 heteroatoms. The van der Waals surface area contributed by atoms with Gasteiger partial charge in [0.05, 0.1) is 5.92 Å². The van der Waals surface area contributed by atoms with Gasteiger partial charge in [-0.3, -0.25) is 9.69 Å². The number of carbonyl (C=O) groups excluding carboxylic acids is 1. The number of fused-ring (bicyclic) bond motifs is 3. The lowest BCUT2D eigenvalue weighted by molar-refractivity contribution is -0.137. The number of hydrogen-bond donors (Lipinski definition) is 0. The molecule has 31 heavy (non-hydrogen) atoms. The SMILES string of the molecule is CCn1c2ccccc2c2cc(CN3CCCC(C(=O)N4CCCCCC4)C3)ccc21. The maximum absolute atomic E-state index is 13.2. The van der Waals surface area contributed by atoms with Gasteiger partial charge in [0.2, 0.25) is 5.91 Å². The van der Waals surface area contributed by atoms with E-state index in [4.69, 9.17) is 0 Å². The van der Waals surface area contributed by atoms with Crippen molar-refractivity contribution in [3.8, 4) is 0 Å². The van der Waals surface area contributed by atoms with Crippen molar-refractivity contribution >= 4 is 27.7 Å². The third-order valence-electron chi connectivity index (χ3n) is 7.33. The molecule has 0 N–H and O–H groups in total. The summed E-state index contributed by atoms with van der Waals surface area (Å²) in [6.07, 6.45) is 7.08. The molecule has 1 unspecified atom stereocenters. The second-order valence-corrected chi connectivity index (χ2v) is 9.43. The fraction of sp³-hybridized carbons (Fsp3) is 0.519. The van der Waals surface area contributed by atoms with Crippen molar-refractivity contribution in [1.82, 2.24) is 14.4 Å². The molecule has 5 rings (SSSR count). The summed E-state index contributed by atoms with van der Waals surface area (Å²) in [6, 6.07) is 15.7. The van der Waals surface area contributed by atoms with Crippen LogP contribution in [0.1, 0.15) is 51.0 Å². The number of piperidine rings is 1. The van der Waals surface area contributed by atoms with Gasteiger partial charge < -0.3 is 9.47 Å². The Bertz CT molecular complexity index is 1060. The summed E-state index contributed by atoms with van der Waals surface area (Å²) in [4.78, 5) is 17.8. The Kier molecular flexibility index (Phi) is 5.99. The molecule has 3 heterocycles. The van der Waals surface area contributed by atoms with Gasteiger partial charge in [0, 0.05) is 54.5 Å². The van der Waals surface area contributed by atoms with E-state index in [1.807, 2.05) is 0 Å². The van der Waals surface area contributed by atoms with Gasteiger partial charge >= 0.3 is 0 Å². The van der Waals surface area contributed by atoms with Crippen molar-refractivity contribution in [3.63, 3.8) is 0 Å². The Morgan fingerprint density at radius 2 is 1.68 bits per heavy atom. The first-order chi connectivity index (χ1) is 15.2. The van der Waals surface area contributed by atoms with Crippen molar-refractivity contribution in [2.45, 2.75) is 58.5 Å². The quantitative estimate of drug-likeness (QED) is 0.566. The number of carbonyl (C=O) groups is 1. The van der Waals surface area contributed by atoms with Crippen molar-refractivity contribution < 1.29 is 4.79 Å². The van der Waals surface area contributed by atoms with Crippen LogP contribution in [0, 0.1) is 5.92 Å². The van der Waals surface area contributed by atoms with E-state index >= 15 is 0 Å². The highest BCUT2D eigenvalue weighted by Gasteiger charge is 2.29. The Morgan fingerprint density at radius 1 is 0.903 bits per heavy atom. The smallest absolute Gasteiger partial charge is 0.226 e. The molecule has 1 atom stereocenters. The summed E-state index contributed by atoms with van der Waals surface area (Å²) >= 11 is 0. The van der Waals surface area contributed by atoms with Crippen LogP contribution in [0.3, 0.4) is 0 Å². The first-order valence-corrected chi connectivity index (χ1v) is 12.3. The Morgan fingerprint density at radius 3 is 2.48 bits per heavy atom. The highest BCUT2D eigenvalue weighted by Crippen LogP contribution is 2.30. The van der Waals surface area contributed by atoms with E-state index in [9.17, 15) is 4.79 Å². The van der Waals surface area contributed by atoms with E-state index in [0.717, 1.165) is 52.1 Å². The Labute approximate surface area is 185 Å². The van der Waals surface area contributed by atoms with Crippen LogP contribution in [0.15, 0.2) is 42.5 Å². The van der Waals surface area contributed by atoms with Crippen molar-refractivity contribution in [1.29, 1.82) is 0 Å². The molecular formula is C27H35N3O. The molecule has 2 aliphatic heterocycles. The molecule has 1 aromatic heterocycles. The lowest BCUT2D eigenvalue weighted by Crippen LogP contribution is -2.44. The van der Waals surface area contributed by atoms with Crippen LogP contribution in [0.4, 0.5) is 0 Å². The molecule has 2 aliphatic rings. The third kappa shape index (κ3) is 4.10. The lowest BCUT2D eigenvalue weighted by atomic mass is 9.95. The van der Waals surface area contributed by atoms with Crippen molar-refractivity contribution in [2.24, 2.45) is 5.92 Å². The maximum atomic E-state index is 13.2. The summed E-state index contributed by atoms with van der Waals surface area (Å²) in [5, 5.41) is 2.69. The fourth-order valence-electron chi connectivity index (χ4n) is 5.75. The summed E-state index contributed by atoms with van der Waals surface area (Å²) in [7, 11) is 0. The number of benzene rings is 2. The molecule has 1 amide bonds. The van der Waals surface area contributed by atoms with Gasteiger partial charge in [0.1, 0.15) is 0 Å². The van der Waals surface area contributed by atoms with E-state index in [0.29, 0.717) is 5.91 Å². The first-order valence-electron chi connectivity index (χ1n) is 12.3. The largest absolute Gasteiger partial charge is 0.342 e. The lowest BCUT2D eigenvalue weighted by Gasteiger charge is -2.34. The second kappa shape index (κ2) is 9.04. The molecule has 0 radical (unpaired) electrons. The van der Waals surface area contributed by atoms with Crippen LogP contribution in [-0.4, -0.2) is 46.5 Å². The maximum Gasteiger partial charge on any atom is 0.226 e. The van der Waals surface area contributed by atoms with Gasteiger partial charge in [0.25, 0.3) is 0 Å². The molecule has 3 aromatic rings. The molecule has 0 saturated carbocycles. The minimum Gasteiger partial charge on any atom is -0.342 e. The third-order valence-corrected chi connectivity index (χ3v) is 7.33. The fourth-order valence-corrected chi connectivity index (χ4v) is 5.75. The summed E-state index contributed by atoms with van der Waals surface area (Å²) in [6.45, 7) is 8.07. The van der Waals surface area contributed by atoms with Crippen LogP contribution in [-0.2, 0) is 17.9 Å². The van der Waals surface area contributed by atoms with E-state index in [-0.39, 0.29) is 5.92 Å². The summed E-state index contributed by atoms with van der Waals surface area (Å²) in [5.41, 5.74) is 3.99. The van der Waals surface area contributed by atoms with Crippen LogP contribution in [0.5, 0.6) is 0 Å². The molecule has 164 valence electrons. The average molecular weight is 418 g/mol. The predicted octanol–water partition coefficient (Wildman–Crippen LogP) is 5.43. The molecule has 0 aliphatic carbocycles. The van der Waals surface area contributed by atoms with E-state index < -0.39 is 0 Å². The zero-order chi connectivity index (χ0) is 21.2. The van der Waals surface area contributed by atoms with Gasteiger partial charge in [-0.2, -0.15) is 0 Å². The molecule has 4 nitrogen and oxygen atoms in total. The number of para-hydroxylation sites is 1. The van der Waals surface area contributed by atoms with Gasteiger partial charge in [-0.05, 0) is 62.9 Å². The molecular weight excluding hydrogens is 382 g/mol. The van der Waals surface area contributed by atoms with Gasteiger partial charge in [-0.1, -0.05) is 37.1 Å². The normalized spacial score (nSPS) is 20.9. The molecule has 2 aromatic carbocycles. The van der Waals surface area contributed by atoms with E-state index in [1.54, 1.807) is 0 Å². The number of rotatable bonds is 4.